The van der Waals surface area contributed by atoms with E-state index in [2.05, 4.69) is 20.9 Å². The summed E-state index contributed by atoms with van der Waals surface area (Å²) in [6, 6.07) is 0. The van der Waals surface area contributed by atoms with E-state index in [-0.39, 0.29) is 12.1 Å². The standard InChI is InChI=1S/C13H28N4O3/c1-10(16-19)12(2,3)14-7-6-8-15-13(4,5)11(9-18)17-20/h14-15,18-20H,6-9H2,1-5H3/b16-10+,17-11+. The molecule has 0 saturated carbocycles. The third kappa shape index (κ3) is 5.85. The second kappa shape index (κ2) is 8.18. The van der Waals surface area contributed by atoms with Crippen molar-refractivity contribution in [2.24, 2.45) is 10.3 Å². The maximum absolute atomic E-state index is 9.08. The Morgan fingerprint density at radius 2 is 1.45 bits per heavy atom. The summed E-state index contributed by atoms with van der Waals surface area (Å²) in [4.78, 5) is 0. The molecule has 20 heavy (non-hydrogen) atoms. The second-order valence-electron chi connectivity index (χ2n) is 5.85. The van der Waals surface area contributed by atoms with E-state index in [1.807, 2.05) is 27.7 Å². The fourth-order valence-electron chi connectivity index (χ4n) is 1.60. The molecule has 0 saturated heterocycles. The fourth-order valence-corrected chi connectivity index (χ4v) is 1.60. The van der Waals surface area contributed by atoms with Crippen LogP contribution in [-0.2, 0) is 0 Å². The van der Waals surface area contributed by atoms with Gasteiger partial charge in [-0.05, 0) is 54.1 Å². The van der Waals surface area contributed by atoms with Gasteiger partial charge in [0.05, 0.1) is 23.4 Å². The number of hydrogen-bond acceptors (Lipinski definition) is 7. The highest BCUT2D eigenvalue weighted by Crippen LogP contribution is 2.06. The molecule has 0 unspecified atom stereocenters. The predicted molar refractivity (Wildman–Crippen MR) is 80.0 cm³/mol. The van der Waals surface area contributed by atoms with Gasteiger partial charge in [-0.15, -0.1) is 0 Å². The van der Waals surface area contributed by atoms with Crippen LogP contribution in [0.4, 0.5) is 0 Å². The van der Waals surface area contributed by atoms with E-state index < -0.39 is 5.54 Å². The number of oxime groups is 2. The zero-order valence-electron chi connectivity index (χ0n) is 13.1. The lowest BCUT2D eigenvalue weighted by Gasteiger charge is -2.28. The Bertz CT molecular complexity index is 352. The number of rotatable bonds is 9. The van der Waals surface area contributed by atoms with Crippen LogP contribution in [0, 0.1) is 0 Å². The van der Waals surface area contributed by atoms with Crippen LogP contribution in [0.1, 0.15) is 41.0 Å². The Morgan fingerprint density at radius 1 is 0.950 bits per heavy atom. The molecule has 7 heteroatoms. The van der Waals surface area contributed by atoms with Crippen molar-refractivity contribution in [1.82, 2.24) is 10.6 Å². The average molecular weight is 288 g/mol. The molecule has 0 aromatic rings. The van der Waals surface area contributed by atoms with Crippen LogP contribution >= 0.6 is 0 Å². The van der Waals surface area contributed by atoms with E-state index >= 15 is 0 Å². The third-order valence-corrected chi connectivity index (χ3v) is 3.53. The monoisotopic (exact) mass is 288 g/mol. The first-order chi connectivity index (χ1) is 9.21. The third-order valence-electron chi connectivity index (χ3n) is 3.53. The van der Waals surface area contributed by atoms with Crippen molar-refractivity contribution >= 4 is 11.4 Å². The summed E-state index contributed by atoms with van der Waals surface area (Å²) < 4.78 is 0. The quantitative estimate of drug-likeness (QED) is 0.186. The first kappa shape index (κ1) is 18.8. The van der Waals surface area contributed by atoms with E-state index in [9.17, 15) is 0 Å². The van der Waals surface area contributed by atoms with E-state index in [1.54, 1.807) is 6.92 Å². The number of aliphatic hydroxyl groups excluding tert-OH is 1. The largest absolute Gasteiger partial charge is 0.411 e. The zero-order valence-corrected chi connectivity index (χ0v) is 13.1. The average Bonchev–Trinajstić information content (AvgIpc) is 2.38. The SMILES string of the molecule is C/C(=N\O)C(C)(C)NCCCNC(C)(C)/C(CO)=N/O. The van der Waals surface area contributed by atoms with E-state index in [4.69, 9.17) is 15.5 Å². The summed E-state index contributed by atoms with van der Waals surface area (Å²) in [6.07, 6.45) is 0.843. The van der Waals surface area contributed by atoms with Gasteiger partial charge in [-0.1, -0.05) is 10.3 Å². The number of nitrogens with zero attached hydrogens (tertiary/aromatic N) is 2. The van der Waals surface area contributed by atoms with Crippen molar-refractivity contribution in [3.8, 4) is 0 Å². The lowest BCUT2D eigenvalue weighted by molar-refractivity contribution is 0.288. The smallest absolute Gasteiger partial charge is 0.102 e. The number of nitrogens with one attached hydrogen (secondary N) is 2. The molecule has 0 amide bonds. The molecule has 0 rings (SSSR count). The van der Waals surface area contributed by atoms with Crippen molar-refractivity contribution in [3.63, 3.8) is 0 Å². The van der Waals surface area contributed by atoms with Crippen molar-refractivity contribution in [1.29, 1.82) is 0 Å². The summed E-state index contributed by atoms with van der Waals surface area (Å²) in [5.41, 5.74) is 0.0176. The Kier molecular flexibility index (Phi) is 7.70. The van der Waals surface area contributed by atoms with Gasteiger partial charge in [-0.2, -0.15) is 0 Å². The lowest BCUT2D eigenvalue weighted by atomic mass is 9.98. The lowest BCUT2D eigenvalue weighted by Crippen LogP contribution is -2.50. The molecule has 118 valence electrons. The maximum atomic E-state index is 9.08. The van der Waals surface area contributed by atoms with Gasteiger partial charge in [-0.3, -0.25) is 0 Å². The highest BCUT2D eigenvalue weighted by atomic mass is 16.4. The second-order valence-corrected chi connectivity index (χ2v) is 5.85. The van der Waals surface area contributed by atoms with Crippen LogP contribution in [0.2, 0.25) is 0 Å². The normalized spacial score (nSPS) is 14.7. The molecule has 0 radical (unpaired) electrons. The number of hydrogen-bond donors (Lipinski definition) is 5. The molecule has 0 aromatic heterocycles. The van der Waals surface area contributed by atoms with Gasteiger partial charge in [0.1, 0.15) is 5.71 Å². The Balaban J connectivity index is 4.11. The van der Waals surface area contributed by atoms with Crippen molar-refractivity contribution < 1.29 is 15.5 Å². The first-order valence-corrected chi connectivity index (χ1v) is 6.72. The van der Waals surface area contributed by atoms with Crippen LogP contribution in [0.5, 0.6) is 0 Å². The molecule has 0 atom stereocenters. The highest BCUT2D eigenvalue weighted by Gasteiger charge is 2.24. The Labute approximate surface area is 120 Å². The molecule has 0 bridgehead atoms. The van der Waals surface area contributed by atoms with E-state index in [0.717, 1.165) is 13.0 Å². The van der Waals surface area contributed by atoms with Gasteiger partial charge in [0.2, 0.25) is 0 Å². The first-order valence-electron chi connectivity index (χ1n) is 6.72. The van der Waals surface area contributed by atoms with Crippen molar-refractivity contribution in [2.75, 3.05) is 19.7 Å². The molecule has 5 N–H and O–H groups in total. The van der Waals surface area contributed by atoms with Gasteiger partial charge in [0.15, 0.2) is 0 Å². The van der Waals surface area contributed by atoms with Gasteiger partial charge in [0, 0.05) is 0 Å². The van der Waals surface area contributed by atoms with Crippen LogP contribution in [0.3, 0.4) is 0 Å². The minimum atomic E-state index is -0.554. The van der Waals surface area contributed by atoms with Gasteiger partial charge in [-0.25, -0.2) is 0 Å². The van der Waals surface area contributed by atoms with Gasteiger partial charge >= 0.3 is 0 Å². The molecular formula is C13H28N4O3. The molecule has 0 aliphatic carbocycles. The summed E-state index contributed by atoms with van der Waals surface area (Å²) >= 11 is 0. The summed E-state index contributed by atoms with van der Waals surface area (Å²) in [7, 11) is 0. The zero-order chi connectivity index (χ0) is 15.8. The molecule has 0 aliphatic rings. The molecule has 0 aromatic carbocycles. The highest BCUT2D eigenvalue weighted by molar-refractivity contribution is 5.93. The topological polar surface area (TPSA) is 109 Å². The van der Waals surface area contributed by atoms with Crippen LogP contribution < -0.4 is 10.6 Å². The maximum Gasteiger partial charge on any atom is 0.102 e. The molecule has 0 heterocycles. The van der Waals surface area contributed by atoms with E-state index in [0.29, 0.717) is 18.0 Å². The summed E-state index contributed by atoms with van der Waals surface area (Å²) in [5, 5.41) is 39.5. The Hall–Kier alpha value is -1.18. The molecule has 0 spiro atoms. The number of aliphatic hydroxyl groups is 1. The van der Waals surface area contributed by atoms with Crippen molar-refractivity contribution in [2.45, 2.75) is 52.1 Å². The van der Waals surface area contributed by atoms with Crippen LogP contribution in [0.15, 0.2) is 10.3 Å². The molecule has 7 nitrogen and oxygen atoms in total. The van der Waals surface area contributed by atoms with Gasteiger partial charge in [0.25, 0.3) is 0 Å². The Morgan fingerprint density at radius 3 is 1.85 bits per heavy atom. The molecule has 0 fully saturated rings. The van der Waals surface area contributed by atoms with Crippen LogP contribution in [0.25, 0.3) is 0 Å². The minimum absolute atomic E-state index is 0.284. The predicted octanol–water partition coefficient (Wildman–Crippen LogP) is 0.786. The fraction of sp³-hybridized carbons (Fsp3) is 0.846. The van der Waals surface area contributed by atoms with Crippen LogP contribution in [-0.4, -0.2) is 57.7 Å². The van der Waals surface area contributed by atoms with Gasteiger partial charge < -0.3 is 26.2 Å². The molecule has 0 aliphatic heterocycles. The van der Waals surface area contributed by atoms with E-state index in [1.165, 1.54) is 0 Å². The summed E-state index contributed by atoms with van der Waals surface area (Å²) in [5.74, 6) is 0. The van der Waals surface area contributed by atoms with Crippen molar-refractivity contribution in [3.05, 3.63) is 0 Å². The molecular weight excluding hydrogens is 260 g/mol. The summed E-state index contributed by atoms with van der Waals surface area (Å²) in [6.45, 7) is 10.5. The minimum Gasteiger partial charge on any atom is -0.411 e.